The molecule has 0 bridgehead atoms. The van der Waals surface area contributed by atoms with Gasteiger partial charge < -0.3 is 10.1 Å². The molecule has 4 nitrogen and oxygen atoms in total. The molecule has 3 rings (SSSR count). The number of nitrogens with one attached hydrogen (secondary N) is 1. The Morgan fingerprint density at radius 2 is 2.32 bits per heavy atom. The van der Waals surface area contributed by atoms with Crippen LogP contribution in [0.5, 0.6) is 5.75 Å². The molecule has 1 N–H and O–H groups in total. The zero-order valence-electron chi connectivity index (χ0n) is 11.4. The molecule has 1 aliphatic rings. The Morgan fingerprint density at radius 1 is 1.42 bits per heavy atom. The average Bonchev–Trinajstić information content (AvgIpc) is 2.80. The molecule has 4 heteroatoms. The monoisotopic (exact) mass is 257 g/mol. The second-order valence-corrected chi connectivity index (χ2v) is 4.98. The summed E-state index contributed by atoms with van der Waals surface area (Å²) in [5, 5.41) is 7.78. The second kappa shape index (κ2) is 5.05. The fraction of sp³-hybridized carbons (Fsp3) is 0.400. The first-order valence-electron chi connectivity index (χ1n) is 6.71. The van der Waals surface area contributed by atoms with Crippen molar-refractivity contribution >= 4 is 0 Å². The fourth-order valence-electron chi connectivity index (χ4n) is 2.61. The highest BCUT2D eigenvalue weighted by Gasteiger charge is 2.14. The largest absolute Gasteiger partial charge is 0.493 e. The van der Waals surface area contributed by atoms with Crippen LogP contribution in [-0.4, -0.2) is 23.4 Å². The first-order valence-corrected chi connectivity index (χ1v) is 6.71. The SMILES string of the molecule is CNCc1cn(C)nc1-c1ccc2c(c1)CCCO2. The van der Waals surface area contributed by atoms with Crippen molar-refractivity contribution in [2.24, 2.45) is 7.05 Å². The van der Waals surface area contributed by atoms with E-state index >= 15 is 0 Å². The quantitative estimate of drug-likeness (QED) is 0.915. The average molecular weight is 257 g/mol. The van der Waals surface area contributed by atoms with Gasteiger partial charge in [0.1, 0.15) is 5.75 Å². The number of benzene rings is 1. The van der Waals surface area contributed by atoms with Crippen LogP contribution in [0.3, 0.4) is 0 Å². The van der Waals surface area contributed by atoms with Gasteiger partial charge in [0.15, 0.2) is 0 Å². The van der Waals surface area contributed by atoms with Gasteiger partial charge in [0.25, 0.3) is 0 Å². The molecule has 0 unspecified atom stereocenters. The minimum absolute atomic E-state index is 0.830. The van der Waals surface area contributed by atoms with Gasteiger partial charge in [-0.3, -0.25) is 4.68 Å². The van der Waals surface area contributed by atoms with Crippen molar-refractivity contribution in [1.82, 2.24) is 15.1 Å². The molecule has 0 radical (unpaired) electrons. The predicted octanol–water partition coefficient (Wildman–Crippen LogP) is 2.13. The maximum Gasteiger partial charge on any atom is 0.122 e. The van der Waals surface area contributed by atoms with Crippen molar-refractivity contribution < 1.29 is 4.74 Å². The molecule has 0 atom stereocenters. The number of aromatic nitrogens is 2. The smallest absolute Gasteiger partial charge is 0.122 e. The number of rotatable bonds is 3. The van der Waals surface area contributed by atoms with Gasteiger partial charge in [-0.05, 0) is 43.7 Å². The molecule has 0 amide bonds. The molecule has 0 spiro atoms. The summed E-state index contributed by atoms with van der Waals surface area (Å²) >= 11 is 0. The van der Waals surface area contributed by atoms with Gasteiger partial charge in [0.05, 0.1) is 12.3 Å². The normalized spacial score (nSPS) is 14.0. The van der Waals surface area contributed by atoms with E-state index in [4.69, 9.17) is 4.74 Å². The second-order valence-electron chi connectivity index (χ2n) is 4.98. The summed E-state index contributed by atoms with van der Waals surface area (Å²) < 4.78 is 7.53. The Kier molecular flexibility index (Phi) is 3.25. The molecule has 0 fully saturated rings. The topological polar surface area (TPSA) is 39.1 Å². The van der Waals surface area contributed by atoms with E-state index < -0.39 is 0 Å². The Bertz CT molecular complexity index is 589. The van der Waals surface area contributed by atoms with E-state index in [0.717, 1.165) is 37.4 Å². The summed E-state index contributed by atoms with van der Waals surface area (Å²) in [5.74, 6) is 1.03. The maximum absolute atomic E-state index is 5.66. The molecule has 2 heterocycles. The minimum Gasteiger partial charge on any atom is -0.493 e. The van der Waals surface area contributed by atoms with Crippen LogP contribution in [0.25, 0.3) is 11.3 Å². The van der Waals surface area contributed by atoms with Gasteiger partial charge in [-0.15, -0.1) is 0 Å². The van der Waals surface area contributed by atoms with E-state index in [1.54, 1.807) is 0 Å². The Labute approximate surface area is 113 Å². The summed E-state index contributed by atoms with van der Waals surface area (Å²) in [6, 6.07) is 6.39. The van der Waals surface area contributed by atoms with E-state index in [1.807, 2.05) is 18.8 Å². The molecule has 1 aromatic carbocycles. The van der Waals surface area contributed by atoms with Gasteiger partial charge in [-0.25, -0.2) is 0 Å². The molecular weight excluding hydrogens is 238 g/mol. The highest BCUT2D eigenvalue weighted by molar-refractivity contribution is 5.65. The lowest BCUT2D eigenvalue weighted by molar-refractivity contribution is 0.288. The van der Waals surface area contributed by atoms with Gasteiger partial charge in [0.2, 0.25) is 0 Å². The summed E-state index contributed by atoms with van der Waals surface area (Å²) in [4.78, 5) is 0. The van der Waals surface area contributed by atoms with Crippen LogP contribution in [0.4, 0.5) is 0 Å². The van der Waals surface area contributed by atoms with E-state index in [2.05, 4.69) is 34.8 Å². The number of aryl methyl sites for hydroxylation is 2. The standard InChI is InChI=1S/C15H19N3O/c1-16-9-13-10-18(2)17-15(13)12-5-6-14-11(8-12)4-3-7-19-14/h5-6,8,10,16H,3-4,7,9H2,1-2H3. The van der Waals surface area contributed by atoms with Crippen molar-refractivity contribution in [3.8, 4) is 17.0 Å². The maximum atomic E-state index is 5.66. The van der Waals surface area contributed by atoms with Crippen LogP contribution in [-0.2, 0) is 20.0 Å². The summed E-state index contributed by atoms with van der Waals surface area (Å²) in [6.45, 7) is 1.66. The number of ether oxygens (including phenoxy) is 1. The molecule has 0 aliphatic carbocycles. The third-order valence-corrected chi connectivity index (χ3v) is 3.45. The van der Waals surface area contributed by atoms with Gasteiger partial charge in [-0.2, -0.15) is 5.10 Å². The highest BCUT2D eigenvalue weighted by Crippen LogP contribution is 2.30. The summed E-state index contributed by atoms with van der Waals surface area (Å²) in [5.41, 5.74) is 4.76. The minimum atomic E-state index is 0.830. The number of hydrogen-bond donors (Lipinski definition) is 1. The first-order chi connectivity index (χ1) is 9.28. The molecule has 100 valence electrons. The number of hydrogen-bond acceptors (Lipinski definition) is 3. The molecule has 2 aromatic rings. The van der Waals surface area contributed by atoms with E-state index in [-0.39, 0.29) is 0 Å². The van der Waals surface area contributed by atoms with E-state index in [0.29, 0.717) is 0 Å². The lowest BCUT2D eigenvalue weighted by Gasteiger charge is -2.17. The fourth-order valence-corrected chi connectivity index (χ4v) is 2.61. The van der Waals surface area contributed by atoms with E-state index in [9.17, 15) is 0 Å². The third-order valence-electron chi connectivity index (χ3n) is 3.45. The Morgan fingerprint density at radius 3 is 3.16 bits per heavy atom. The van der Waals surface area contributed by atoms with Crippen molar-refractivity contribution in [2.45, 2.75) is 19.4 Å². The molecule has 0 saturated heterocycles. The summed E-state index contributed by atoms with van der Waals surface area (Å²) in [7, 11) is 3.92. The number of fused-ring (bicyclic) bond motifs is 1. The van der Waals surface area contributed by atoms with Crippen LogP contribution in [0.15, 0.2) is 24.4 Å². The highest BCUT2D eigenvalue weighted by atomic mass is 16.5. The van der Waals surface area contributed by atoms with Crippen LogP contribution in [0.1, 0.15) is 17.5 Å². The van der Waals surface area contributed by atoms with Crippen molar-refractivity contribution in [1.29, 1.82) is 0 Å². The first kappa shape index (κ1) is 12.2. The lowest BCUT2D eigenvalue weighted by atomic mass is 10.0. The predicted molar refractivity (Wildman–Crippen MR) is 75.2 cm³/mol. The molecular formula is C15H19N3O. The van der Waals surface area contributed by atoms with E-state index in [1.165, 1.54) is 16.7 Å². The summed E-state index contributed by atoms with van der Waals surface area (Å²) in [6.07, 6.45) is 4.27. The van der Waals surface area contributed by atoms with Crippen molar-refractivity contribution in [3.05, 3.63) is 35.5 Å². The molecule has 0 saturated carbocycles. The molecule has 19 heavy (non-hydrogen) atoms. The van der Waals surface area contributed by atoms with Gasteiger partial charge in [0, 0.05) is 30.9 Å². The Balaban J connectivity index is 2.01. The van der Waals surface area contributed by atoms with Gasteiger partial charge in [-0.1, -0.05) is 0 Å². The zero-order chi connectivity index (χ0) is 13.2. The van der Waals surface area contributed by atoms with Crippen LogP contribution < -0.4 is 10.1 Å². The third kappa shape index (κ3) is 2.36. The Hall–Kier alpha value is -1.81. The van der Waals surface area contributed by atoms with Crippen LogP contribution in [0, 0.1) is 0 Å². The molecule has 1 aromatic heterocycles. The zero-order valence-corrected chi connectivity index (χ0v) is 11.4. The number of nitrogens with zero attached hydrogens (tertiary/aromatic N) is 2. The van der Waals surface area contributed by atoms with Gasteiger partial charge >= 0.3 is 0 Å². The van der Waals surface area contributed by atoms with Crippen molar-refractivity contribution in [2.75, 3.05) is 13.7 Å². The van der Waals surface area contributed by atoms with Crippen LogP contribution in [0.2, 0.25) is 0 Å². The van der Waals surface area contributed by atoms with Crippen molar-refractivity contribution in [3.63, 3.8) is 0 Å². The lowest BCUT2D eigenvalue weighted by Crippen LogP contribution is -2.08. The molecule has 1 aliphatic heterocycles. The van der Waals surface area contributed by atoms with Crippen LogP contribution >= 0.6 is 0 Å².